The summed E-state index contributed by atoms with van der Waals surface area (Å²) < 4.78 is 0. The molecule has 0 amide bonds. The highest BCUT2D eigenvalue weighted by molar-refractivity contribution is 6.02. The van der Waals surface area contributed by atoms with Crippen LogP contribution >= 0.6 is 0 Å². The molecule has 4 unspecified atom stereocenters. The van der Waals surface area contributed by atoms with Crippen LogP contribution in [0.3, 0.4) is 0 Å². The lowest BCUT2D eigenvalue weighted by atomic mass is 9.63. The van der Waals surface area contributed by atoms with E-state index in [0.29, 0.717) is 11.8 Å². The second kappa shape index (κ2) is 6.20. The molecule has 5 aliphatic carbocycles. The van der Waals surface area contributed by atoms with Crippen molar-refractivity contribution in [2.24, 2.45) is 17.8 Å². The zero-order valence-corrected chi connectivity index (χ0v) is 17.9. The lowest BCUT2D eigenvalue weighted by Crippen LogP contribution is -2.30. The van der Waals surface area contributed by atoms with Crippen molar-refractivity contribution in [2.45, 2.75) is 25.2 Å². The second-order valence-electron chi connectivity index (χ2n) is 9.81. The summed E-state index contributed by atoms with van der Waals surface area (Å²) >= 11 is 0. The lowest BCUT2D eigenvalue weighted by molar-refractivity contribution is 0.696. The van der Waals surface area contributed by atoms with Gasteiger partial charge >= 0.3 is 0 Å². The van der Waals surface area contributed by atoms with E-state index in [0.717, 1.165) is 12.3 Å². The molecular weight excluding hydrogens is 372 g/mol. The van der Waals surface area contributed by atoms with E-state index in [1.165, 1.54) is 45.4 Å². The van der Waals surface area contributed by atoms with Gasteiger partial charge in [-0.1, -0.05) is 98.0 Å². The average Bonchev–Trinajstić information content (AvgIpc) is 3.43. The van der Waals surface area contributed by atoms with Gasteiger partial charge in [0, 0.05) is 0 Å². The van der Waals surface area contributed by atoms with Gasteiger partial charge in [-0.25, -0.2) is 0 Å². The molecule has 0 nitrogen and oxygen atoms in total. The Morgan fingerprint density at radius 3 is 2.61 bits per heavy atom. The maximum Gasteiger partial charge on any atom is 0.0718 e. The Bertz CT molecular complexity index is 1290. The van der Waals surface area contributed by atoms with E-state index in [2.05, 4.69) is 104 Å². The number of benzene rings is 2. The Hall–Kier alpha value is -3.12. The standard InChI is InChI=1S/C31H26/c1-20-14-15-28-24(16-20)19-30(25-12-7-11-22-17-26(22)25)31(28)27-13-6-5-10-23(27)18-29(31)21-8-3-2-4-9-21/h2-15,18-20,22,26H,16-17H2,1H3. The molecule has 0 bridgehead atoms. The molecule has 0 aliphatic heterocycles. The average molecular weight is 399 g/mol. The fraction of sp³-hybridized carbons (Fsp3) is 0.226. The van der Waals surface area contributed by atoms with Crippen molar-refractivity contribution in [1.82, 2.24) is 0 Å². The van der Waals surface area contributed by atoms with Crippen molar-refractivity contribution in [3.8, 4) is 0 Å². The molecule has 0 heteroatoms. The van der Waals surface area contributed by atoms with Gasteiger partial charge in [0.2, 0.25) is 0 Å². The monoisotopic (exact) mass is 398 g/mol. The molecule has 1 saturated carbocycles. The van der Waals surface area contributed by atoms with Gasteiger partial charge in [0.25, 0.3) is 0 Å². The molecule has 150 valence electrons. The van der Waals surface area contributed by atoms with Crippen molar-refractivity contribution in [1.29, 1.82) is 0 Å². The summed E-state index contributed by atoms with van der Waals surface area (Å²) in [5.74, 6) is 2.03. The molecule has 2 aromatic carbocycles. The number of hydrogen-bond donors (Lipinski definition) is 0. The van der Waals surface area contributed by atoms with E-state index in [1.54, 1.807) is 5.57 Å². The van der Waals surface area contributed by atoms with Crippen LogP contribution in [0, 0.1) is 17.8 Å². The van der Waals surface area contributed by atoms with E-state index in [1.807, 2.05) is 0 Å². The zero-order valence-electron chi connectivity index (χ0n) is 17.9. The highest BCUT2D eigenvalue weighted by atomic mass is 14.6. The third-order valence-electron chi connectivity index (χ3n) is 7.94. The molecule has 7 rings (SSSR count). The van der Waals surface area contributed by atoms with E-state index >= 15 is 0 Å². The van der Waals surface area contributed by atoms with Gasteiger partial charge in [-0.05, 0) is 81.2 Å². The smallest absolute Gasteiger partial charge is 0.0718 e. The van der Waals surface area contributed by atoms with Crippen molar-refractivity contribution in [3.63, 3.8) is 0 Å². The molecular formula is C31H26. The minimum Gasteiger partial charge on any atom is -0.0810 e. The number of rotatable bonds is 2. The Morgan fingerprint density at radius 1 is 0.871 bits per heavy atom. The zero-order chi connectivity index (χ0) is 20.6. The van der Waals surface area contributed by atoms with Crippen molar-refractivity contribution in [2.75, 3.05) is 0 Å². The molecule has 0 aromatic heterocycles. The Balaban J connectivity index is 1.54. The minimum absolute atomic E-state index is 0.186. The molecule has 4 atom stereocenters. The highest BCUT2D eigenvalue weighted by Crippen LogP contribution is 2.65. The second-order valence-corrected chi connectivity index (χ2v) is 9.81. The fourth-order valence-corrected chi connectivity index (χ4v) is 6.49. The van der Waals surface area contributed by atoms with Crippen LogP contribution in [0.1, 0.15) is 36.5 Å². The van der Waals surface area contributed by atoms with E-state index in [-0.39, 0.29) is 5.41 Å². The normalized spacial score (nSPS) is 31.8. The Labute approximate surface area is 184 Å². The molecule has 0 saturated heterocycles. The SMILES string of the molecule is CC1C=CC2=C(C=C(C3=CC=CC4CC34)C23C(c2ccccc2)=Cc2ccccc23)C1. The van der Waals surface area contributed by atoms with Crippen LogP contribution in [-0.4, -0.2) is 0 Å². The number of fused-ring (bicyclic) bond motifs is 4. The van der Waals surface area contributed by atoms with Crippen LogP contribution in [0.5, 0.6) is 0 Å². The predicted octanol–water partition coefficient (Wildman–Crippen LogP) is 7.44. The summed E-state index contributed by atoms with van der Waals surface area (Å²) in [4.78, 5) is 0. The van der Waals surface area contributed by atoms with Crippen molar-refractivity contribution in [3.05, 3.63) is 130 Å². The quantitative estimate of drug-likeness (QED) is 0.493. The highest BCUT2D eigenvalue weighted by Gasteiger charge is 2.54. The fourth-order valence-electron chi connectivity index (χ4n) is 6.49. The first kappa shape index (κ1) is 17.5. The first-order valence-corrected chi connectivity index (χ1v) is 11.7. The van der Waals surface area contributed by atoms with Gasteiger partial charge in [0.1, 0.15) is 0 Å². The number of hydrogen-bond acceptors (Lipinski definition) is 0. The molecule has 2 aromatic rings. The van der Waals surface area contributed by atoms with Gasteiger partial charge < -0.3 is 0 Å². The molecule has 31 heavy (non-hydrogen) atoms. The summed E-state index contributed by atoms with van der Waals surface area (Å²) in [6.45, 7) is 2.34. The van der Waals surface area contributed by atoms with Crippen LogP contribution in [0.4, 0.5) is 0 Å². The first-order chi connectivity index (χ1) is 15.3. The summed E-state index contributed by atoms with van der Waals surface area (Å²) in [5, 5.41) is 0. The molecule has 5 aliphatic rings. The molecule has 0 N–H and O–H groups in total. The van der Waals surface area contributed by atoms with Crippen LogP contribution < -0.4 is 0 Å². The summed E-state index contributed by atoms with van der Waals surface area (Å²) in [5.41, 5.74) is 11.6. The molecule has 0 radical (unpaired) electrons. The lowest BCUT2D eigenvalue weighted by Gasteiger charge is -2.38. The third kappa shape index (κ3) is 2.31. The van der Waals surface area contributed by atoms with Crippen molar-refractivity contribution < 1.29 is 0 Å². The molecule has 1 spiro atoms. The topological polar surface area (TPSA) is 0 Å². The van der Waals surface area contributed by atoms with Gasteiger partial charge in [-0.15, -0.1) is 0 Å². The Kier molecular flexibility index (Phi) is 3.51. The van der Waals surface area contributed by atoms with Crippen LogP contribution in [0.2, 0.25) is 0 Å². The maximum atomic E-state index is 2.58. The first-order valence-electron chi connectivity index (χ1n) is 11.7. The summed E-state index contributed by atoms with van der Waals surface area (Å²) in [6, 6.07) is 20.2. The largest absolute Gasteiger partial charge is 0.0810 e. The predicted molar refractivity (Wildman–Crippen MR) is 129 cm³/mol. The van der Waals surface area contributed by atoms with E-state index in [4.69, 9.17) is 0 Å². The molecule has 1 fully saturated rings. The van der Waals surface area contributed by atoms with E-state index in [9.17, 15) is 0 Å². The van der Waals surface area contributed by atoms with Gasteiger partial charge in [0.15, 0.2) is 0 Å². The summed E-state index contributed by atoms with van der Waals surface area (Å²) in [7, 11) is 0. The third-order valence-corrected chi connectivity index (χ3v) is 7.94. The van der Waals surface area contributed by atoms with Gasteiger partial charge in [0.05, 0.1) is 5.41 Å². The van der Waals surface area contributed by atoms with Crippen LogP contribution in [0.15, 0.2) is 113 Å². The van der Waals surface area contributed by atoms with Gasteiger partial charge in [-0.3, -0.25) is 0 Å². The Morgan fingerprint density at radius 2 is 1.71 bits per heavy atom. The van der Waals surface area contributed by atoms with Crippen molar-refractivity contribution >= 4 is 11.6 Å². The maximum absolute atomic E-state index is 2.58. The van der Waals surface area contributed by atoms with Crippen LogP contribution in [0.25, 0.3) is 11.6 Å². The van der Waals surface area contributed by atoms with Gasteiger partial charge in [-0.2, -0.15) is 0 Å². The van der Waals surface area contributed by atoms with Crippen LogP contribution in [-0.2, 0) is 5.41 Å². The minimum atomic E-state index is -0.186. The number of allylic oxidation sites excluding steroid dienone is 11. The summed E-state index contributed by atoms with van der Waals surface area (Å²) in [6.07, 6.45) is 19.5. The van der Waals surface area contributed by atoms with E-state index < -0.39 is 0 Å². The molecule has 0 heterocycles.